The number of halogens is 2. The molecule has 1 aromatic heterocycles. The number of aromatic nitrogens is 2. The molecule has 0 aliphatic heterocycles. The average Bonchev–Trinajstić information content (AvgIpc) is 2.55. The SMILES string of the molecule is CCNc1nc(Nc2cc(Cl)cc(Cl)c2)cc(-c2ccccc2)n1. The molecule has 1 heterocycles. The summed E-state index contributed by atoms with van der Waals surface area (Å²) >= 11 is 12.1. The molecule has 0 spiro atoms. The molecule has 0 unspecified atom stereocenters. The van der Waals surface area contributed by atoms with E-state index >= 15 is 0 Å². The van der Waals surface area contributed by atoms with Gasteiger partial charge >= 0.3 is 0 Å². The van der Waals surface area contributed by atoms with Crippen molar-refractivity contribution in [2.24, 2.45) is 0 Å². The highest BCUT2D eigenvalue weighted by molar-refractivity contribution is 6.35. The van der Waals surface area contributed by atoms with E-state index in [9.17, 15) is 0 Å². The van der Waals surface area contributed by atoms with Gasteiger partial charge in [0.05, 0.1) is 5.69 Å². The predicted molar refractivity (Wildman–Crippen MR) is 101 cm³/mol. The first-order valence-electron chi connectivity index (χ1n) is 7.55. The minimum absolute atomic E-state index is 0.564. The summed E-state index contributed by atoms with van der Waals surface area (Å²) in [7, 11) is 0. The lowest BCUT2D eigenvalue weighted by Gasteiger charge is -2.11. The van der Waals surface area contributed by atoms with Crippen LogP contribution in [0.15, 0.2) is 54.6 Å². The number of hydrogen-bond acceptors (Lipinski definition) is 4. The summed E-state index contributed by atoms with van der Waals surface area (Å²) in [6.45, 7) is 2.74. The van der Waals surface area contributed by atoms with Crippen LogP contribution < -0.4 is 10.6 Å². The molecule has 0 fully saturated rings. The lowest BCUT2D eigenvalue weighted by atomic mass is 10.1. The molecule has 2 N–H and O–H groups in total. The quantitative estimate of drug-likeness (QED) is 0.620. The Morgan fingerprint density at radius 1 is 0.917 bits per heavy atom. The van der Waals surface area contributed by atoms with Crippen molar-refractivity contribution in [2.45, 2.75) is 6.92 Å². The van der Waals surface area contributed by atoms with E-state index in [2.05, 4.69) is 20.6 Å². The van der Waals surface area contributed by atoms with Gasteiger partial charge in [-0.1, -0.05) is 53.5 Å². The third-order valence-electron chi connectivity index (χ3n) is 3.27. The Morgan fingerprint density at radius 3 is 2.29 bits per heavy atom. The van der Waals surface area contributed by atoms with Crippen LogP contribution in [0.1, 0.15) is 6.92 Å². The molecule has 0 saturated heterocycles. The highest BCUT2D eigenvalue weighted by atomic mass is 35.5. The first kappa shape index (κ1) is 16.6. The van der Waals surface area contributed by atoms with Crippen molar-refractivity contribution in [3.8, 4) is 11.3 Å². The second-order valence-corrected chi connectivity index (χ2v) is 6.01. The minimum atomic E-state index is 0.564. The van der Waals surface area contributed by atoms with Gasteiger partial charge in [0.2, 0.25) is 5.95 Å². The smallest absolute Gasteiger partial charge is 0.225 e. The highest BCUT2D eigenvalue weighted by Gasteiger charge is 2.07. The first-order chi connectivity index (χ1) is 11.6. The maximum Gasteiger partial charge on any atom is 0.225 e. The number of rotatable bonds is 5. The molecule has 6 heteroatoms. The Kier molecular flexibility index (Phi) is 5.18. The van der Waals surface area contributed by atoms with Gasteiger partial charge < -0.3 is 10.6 Å². The lowest BCUT2D eigenvalue weighted by Crippen LogP contribution is -2.05. The topological polar surface area (TPSA) is 49.8 Å². The molecule has 24 heavy (non-hydrogen) atoms. The van der Waals surface area contributed by atoms with Crippen LogP contribution in [-0.4, -0.2) is 16.5 Å². The van der Waals surface area contributed by atoms with Crippen LogP contribution in [0, 0.1) is 0 Å². The summed E-state index contributed by atoms with van der Waals surface area (Å²) in [4.78, 5) is 9.04. The van der Waals surface area contributed by atoms with Crippen LogP contribution in [0.3, 0.4) is 0 Å². The van der Waals surface area contributed by atoms with E-state index in [1.807, 2.05) is 43.3 Å². The van der Waals surface area contributed by atoms with Gasteiger partial charge in [0.25, 0.3) is 0 Å². The van der Waals surface area contributed by atoms with Gasteiger partial charge in [0, 0.05) is 33.9 Å². The van der Waals surface area contributed by atoms with E-state index in [4.69, 9.17) is 23.2 Å². The van der Waals surface area contributed by atoms with Crippen LogP contribution in [0.25, 0.3) is 11.3 Å². The molecular weight excluding hydrogens is 343 g/mol. The number of hydrogen-bond donors (Lipinski definition) is 2. The molecule has 0 atom stereocenters. The van der Waals surface area contributed by atoms with Gasteiger partial charge in [0.15, 0.2) is 0 Å². The zero-order chi connectivity index (χ0) is 16.9. The van der Waals surface area contributed by atoms with E-state index in [1.165, 1.54) is 0 Å². The van der Waals surface area contributed by atoms with Crippen molar-refractivity contribution in [3.63, 3.8) is 0 Å². The molecule has 0 aliphatic carbocycles. The standard InChI is InChI=1S/C18H16Cl2N4/c1-2-21-18-23-16(12-6-4-3-5-7-12)11-17(24-18)22-15-9-13(19)8-14(20)10-15/h3-11H,2H2,1H3,(H2,21,22,23,24). The fraction of sp³-hybridized carbons (Fsp3) is 0.111. The van der Waals surface area contributed by atoms with E-state index < -0.39 is 0 Å². The Bertz CT molecular complexity index is 817. The third-order valence-corrected chi connectivity index (χ3v) is 3.70. The van der Waals surface area contributed by atoms with Crippen molar-refractivity contribution < 1.29 is 0 Å². The van der Waals surface area contributed by atoms with Crippen LogP contribution in [0.5, 0.6) is 0 Å². The fourth-order valence-corrected chi connectivity index (χ4v) is 2.81. The fourth-order valence-electron chi connectivity index (χ4n) is 2.28. The van der Waals surface area contributed by atoms with Crippen molar-refractivity contribution >= 4 is 40.7 Å². The number of anilines is 3. The Balaban J connectivity index is 1.98. The molecule has 3 rings (SSSR count). The van der Waals surface area contributed by atoms with Gasteiger partial charge in [-0.2, -0.15) is 4.98 Å². The zero-order valence-corrected chi connectivity index (χ0v) is 14.6. The van der Waals surface area contributed by atoms with Gasteiger partial charge in [-0.05, 0) is 25.1 Å². The van der Waals surface area contributed by atoms with Gasteiger partial charge in [-0.25, -0.2) is 4.98 Å². The van der Waals surface area contributed by atoms with E-state index in [-0.39, 0.29) is 0 Å². The molecule has 122 valence electrons. The first-order valence-corrected chi connectivity index (χ1v) is 8.31. The summed E-state index contributed by atoms with van der Waals surface area (Å²) in [6.07, 6.45) is 0. The van der Waals surface area contributed by atoms with Crippen molar-refractivity contribution in [1.82, 2.24) is 9.97 Å². The van der Waals surface area contributed by atoms with Crippen molar-refractivity contribution in [3.05, 3.63) is 64.6 Å². The zero-order valence-electron chi connectivity index (χ0n) is 13.1. The Labute approximate surface area is 150 Å². The Hall–Kier alpha value is -2.30. The maximum atomic E-state index is 6.05. The predicted octanol–water partition coefficient (Wildman–Crippen LogP) is 5.63. The maximum absolute atomic E-state index is 6.05. The van der Waals surface area contributed by atoms with Crippen LogP contribution >= 0.6 is 23.2 Å². The number of nitrogens with one attached hydrogen (secondary N) is 2. The number of benzene rings is 2. The van der Waals surface area contributed by atoms with E-state index in [0.717, 1.165) is 23.5 Å². The summed E-state index contributed by atoms with van der Waals surface area (Å²) < 4.78 is 0. The number of nitrogens with zero attached hydrogens (tertiary/aromatic N) is 2. The van der Waals surface area contributed by atoms with E-state index in [1.54, 1.807) is 18.2 Å². The van der Waals surface area contributed by atoms with Crippen LogP contribution in [0.4, 0.5) is 17.5 Å². The summed E-state index contributed by atoms with van der Waals surface area (Å²) in [5, 5.41) is 7.52. The second kappa shape index (κ2) is 7.51. The van der Waals surface area contributed by atoms with Crippen LogP contribution in [-0.2, 0) is 0 Å². The molecule has 0 saturated carbocycles. The molecule has 0 amide bonds. The second-order valence-electron chi connectivity index (χ2n) is 5.14. The molecule has 0 aliphatic rings. The molecule has 4 nitrogen and oxygen atoms in total. The van der Waals surface area contributed by atoms with Crippen molar-refractivity contribution in [1.29, 1.82) is 0 Å². The van der Waals surface area contributed by atoms with Gasteiger partial charge in [-0.15, -0.1) is 0 Å². The molecule has 0 bridgehead atoms. The minimum Gasteiger partial charge on any atom is -0.354 e. The molecule has 2 aromatic carbocycles. The highest BCUT2D eigenvalue weighted by Crippen LogP contribution is 2.27. The molecule has 0 radical (unpaired) electrons. The molecular formula is C18H16Cl2N4. The summed E-state index contributed by atoms with van der Waals surface area (Å²) in [5.74, 6) is 1.23. The summed E-state index contributed by atoms with van der Waals surface area (Å²) in [6, 6.07) is 17.1. The van der Waals surface area contributed by atoms with Gasteiger partial charge in [-0.3, -0.25) is 0 Å². The van der Waals surface area contributed by atoms with Gasteiger partial charge in [0.1, 0.15) is 5.82 Å². The monoisotopic (exact) mass is 358 g/mol. The average molecular weight is 359 g/mol. The molecule has 3 aromatic rings. The summed E-state index contributed by atoms with van der Waals surface area (Å²) in [5.41, 5.74) is 2.62. The Morgan fingerprint density at radius 2 is 1.62 bits per heavy atom. The normalized spacial score (nSPS) is 10.5. The van der Waals surface area contributed by atoms with Crippen LogP contribution in [0.2, 0.25) is 10.0 Å². The largest absolute Gasteiger partial charge is 0.354 e. The third kappa shape index (κ3) is 4.16. The van der Waals surface area contributed by atoms with Crippen molar-refractivity contribution in [2.75, 3.05) is 17.2 Å². The van der Waals surface area contributed by atoms with E-state index in [0.29, 0.717) is 21.8 Å². The lowest BCUT2D eigenvalue weighted by molar-refractivity contribution is 1.09.